The molecule has 1 aromatic carbocycles. The second-order valence-electron chi connectivity index (χ2n) is 3.65. The van der Waals surface area contributed by atoms with Crippen molar-refractivity contribution >= 4 is 18.4 Å². The molecule has 0 radical (unpaired) electrons. The average molecular weight is 307 g/mol. The second-order valence-corrected chi connectivity index (χ2v) is 3.65. The third kappa shape index (κ3) is 3.56. The molecular weight excluding hydrogens is 294 g/mol. The molecule has 110 valence electrons. The van der Waals surface area contributed by atoms with Crippen LogP contribution in [0, 0.1) is 17.1 Å². The van der Waals surface area contributed by atoms with Crippen molar-refractivity contribution in [1.29, 1.82) is 5.26 Å². The van der Waals surface area contributed by atoms with Gasteiger partial charge in [-0.1, -0.05) is 6.07 Å². The minimum atomic E-state index is -2.22. The third-order valence-corrected chi connectivity index (χ3v) is 2.46. The van der Waals surface area contributed by atoms with Gasteiger partial charge in [-0.15, -0.1) is 12.4 Å². The van der Waals surface area contributed by atoms with Gasteiger partial charge in [-0.2, -0.15) is 5.26 Å². The van der Waals surface area contributed by atoms with Crippen molar-refractivity contribution < 1.29 is 23.4 Å². The number of carbonyl (C=O) groups is 1. The quantitative estimate of drug-likeness (QED) is 0.826. The molecule has 0 aliphatic heterocycles. The summed E-state index contributed by atoms with van der Waals surface area (Å²) in [5.74, 6) is -2.92. The normalized spacial score (nSPS) is 12.8. The molecule has 0 heterocycles. The first-order valence-electron chi connectivity index (χ1n) is 5.41. The van der Waals surface area contributed by atoms with Gasteiger partial charge in [0.1, 0.15) is 23.2 Å². The fraction of sp³-hybridized carbons (Fsp3) is 0.333. The molecule has 1 unspecified atom stereocenters. The number of nitriles is 1. The van der Waals surface area contributed by atoms with Gasteiger partial charge in [-0.25, -0.2) is 13.6 Å². The number of nitrogens with zero attached hydrogens (tertiary/aromatic N) is 1. The lowest BCUT2D eigenvalue weighted by atomic mass is 9.99. The standard InChI is InChI=1S/C12H12F2N2O3.ClH/c1-2-19-12(18)9(14)10(16)6-3-4-8(13)7(5-15)11(6)17;/h3-4,9-10,17H,2,16H2,1H3;1H/t9?,10-;/m1./s1. The molecule has 5 nitrogen and oxygen atoms in total. The smallest absolute Gasteiger partial charge is 0.342 e. The topological polar surface area (TPSA) is 96.3 Å². The lowest BCUT2D eigenvalue weighted by Crippen LogP contribution is -2.31. The maximum Gasteiger partial charge on any atom is 0.342 e. The van der Waals surface area contributed by atoms with Crippen molar-refractivity contribution in [3.63, 3.8) is 0 Å². The zero-order chi connectivity index (χ0) is 14.6. The van der Waals surface area contributed by atoms with Gasteiger partial charge in [0.05, 0.1) is 12.6 Å². The van der Waals surface area contributed by atoms with Crippen molar-refractivity contribution in [2.24, 2.45) is 5.73 Å². The number of phenolic OH excluding ortho intramolecular Hbond substituents is 1. The maximum absolute atomic E-state index is 13.7. The lowest BCUT2D eigenvalue weighted by Gasteiger charge is -2.17. The SMILES string of the molecule is CCOC(=O)C(F)[C@H](N)c1ccc(F)c(C#N)c1O.Cl. The molecule has 3 N–H and O–H groups in total. The Labute approximate surface area is 120 Å². The van der Waals surface area contributed by atoms with E-state index in [0.29, 0.717) is 0 Å². The Bertz CT molecular complexity index is 534. The number of ether oxygens (including phenoxy) is 1. The maximum atomic E-state index is 13.7. The summed E-state index contributed by atoms with van der Waals surface area (Å²) >= 11 is 0. The zero-order valence-electron chi connectivity index (χ0n) is 10.5. The number of hydrogen-bond donors (Lipinski definition) is 2. The summed E-state index contributed by atoms with van der Waals surface area (Å²) in [6, 6.07) is 1.77. The number of rotatable bonds is 4. The van der Waals surface area contributed by atoms with Gasteiger partial charge in [0.25, 0.3) is 0 Å². The van der Waals surface area contributed by atoms with Gasteiger partial charge < -0.3 is 15.6 Å². The molecular formula is C12H13ClF2N2O3. The van der Waals surface area contributed by atoms with E-state index in [1.165, 1.54) is 13.0 Å². The van der Waals surface area contributed by atoms with Gasteiger partial charge in [-0.3, -0.25) is 0 Å². The summed E-state index contributed by atoms with van der Waals surface area (Å²) in [7, 11) is 0. The van der Waals surface area contributed by atoms with E-state index in [9.17, 15) is 18.7 Å². The number of esters is 1. The summed E-state index contributed by atoms with van der Waals surface area (Å²) in [6.07, 6.45) is -2.22. The molecule has 0 aliphatic carbocycles. The number of aromatic hydroxyl groups is 1. The molecule has 8 heteroatoms. The predicted molar refractivity (Wildman–Crippen MR) is 68.5 cm³/mol. The monoisotopic (exact) mass is 306 g/mol. The second kappa shape index (κ2) is 7.62. The van der Waals surface area contributed by atoms with Crippen LogP contribution in [-0.2, 0) is 9.53 Å². The largest absolute Gasteiger partial charge is 0.506 e. The van der Waals surface area contributed by atoms with Crippen LogP contribution in [0.5, 0.6) is 5.75 Å². The van der Waals surface area contributed by atoms with Crippen molar-refractivity contribution in [1.82, 2.24) is 0 Å². The molecule has 0 spiro atoms. The first kappa shape index (κ1) is 18.1. The lowest BCUT2D eigenvalue weighted by molar-refractivity contribution is -0.149. The molecule has 0 saturated carbocycles. The average Bonchev–Trinajstić information content (AvgIpc) is 2.38. The first-order valence-corrected chi connectivity index (χ1v) is 5.41. The Morgan fingerprint density at radius 3 is 2.70 bits per heavy atom. The summed E-state index contributed by atoms with van der Waals surface area (Å²) in [6.45, 7) is 1.48. The number of halogens is 3. The number of benzene rings is 1. The van der Waals surface area contributed by atoms with Crippen LogP contribution >= 0.6 is 12.4 Å². The molecule has 0 saturated heterocycles. The van der Waals surface area contributed by atoms with E-state index in [0.717, 1.165) is 12.1 Å². The van der Waals surface area contributed by atoms with Crippen molar-refractivity contribution in [2.45, 2.75) is 19.1 Å². The highest BCUT2D eigenvalue weighted by Gasteiger charge is 2.30. The summed E-state index contributed by atoms with van der Waals surface area (Å²) < 4.78 is 31.3. The summed E-state index contributed by atoms with van der Waals surface area (Å²) in [5.41, 5.74) is 4.59. The van der Waals surface area contributed by atoms with Crippen LogP contribution < -0.4 is 5.73 Å². The van der Waals surface area contributed by atoms with Crippen LogP contribution in [0.15, 0.2) is 12.1 Å². The number of phenols is 1. The fourth-order valence-corrected chi connectivity index (χ4v) is 1.48. The molecule has 0 amide bonds. The Morgan fingerprint density at radius 2 is 2.20 bits per heavy atom. The Balaban J connectivity index is 0.00000361. The molecule has 1 aromatic rings. The predicted octanol–water partition coefficient (Wildman–Crippen LogP) is 1.73. The fourth-order valence-electron chi connectivity index (χ4n) is 1.48. The molecule has 0 aliphatic rings. The summed E-state index contributed by atoms with van der Waals surface area (Å²) in [4.78, 5) is 11.2. The number of nitrogens with two attached hydrogens (primary N) is 1. The molecule has 0 bridgehead atoms. The van der Waals surface area contributed by atoms with Crippen LogP contribution in [0.4, 0.5) is 8.78 Å². The van der Waals surface area contributed by atoms with E-state index >= 15 is 0 Å². The van der Waals surface area contributed by atoms with E-state index in [-0.39, 0.29) is 24.6 Å². The minimum Gasteiger partial charge on any atom is -0.506 e. The Hall–Kier alpha value is -1.91. The number of carbonyl (C=O) groups excluding carboxylic acids is 1. The number of hydrogen-bond acceptors (Lipinski definition) is 5. The van der Waals surface area contributed by atoms with Gasteiger partial charge in [0.2, 0.25) is 6.17 Å². The molecule has 2 atom stereocenters. The van der Waals surface area contributed by atoms with Crippen molar-refractivity contribution in [2.75, 3.05) is 6.61 Å². The van der Waals surface area contributed by atoms with Crippen LogP contribution in [0.3, 0.4) is 0 Å². The van der Waals surface area contributed by atoms with Gasteiger partial charge in [0.15, 0.2) is 0 Å². The van der Waals surface area contributed by atoms with Crippen LogP contribution in [0.1, 0.15) is 24.1 Å². The number of alkyl halides is 1. The first-order chi connectivity index (χ1) is 8.93. The highest BCUT2D eigenvalue weighted by atomic mass is 35.5. The van der Waals surface area contributed by atoms with Gasteiger partial charge >= 0.3 is 5.97 Å². The van der Waals surface area contributed by atoms with Crippen LogP contribution in [0.25, 0.3) is 0 Å². The highest BCUT2D eigenvalue weighted by Crippen LogP contribution is 2.31. The Kier molecular flexibility index (Phi) is 6.90. The van der Waals surface area contributed by atoms with Crippen molar-refractivity contribution in [3.8, 4) is 11.8 Å². The molecule has 0 fully saturated rings. The summed E-state index contributed by atoms with van der Waals surface area (Å²) in [5, 5.41) is 18.3. The molecule has 20 heavy (non-hydrogen) atoms. The van der Waals surface area contributed by atoms with E-state index in [2.05, 4.69) is 4.74 Å². The third-order valence-electron chi connectivity index (χ3n) is 2.46. The van der Waals surface area contributed by atoms with Crippen LogP contribution in [0.2, 0.25) is 0 Å². The van der Waals surface area contributed by atoms with Gasteiger partial charge in [0, 0.05) is 5.56 Å². The molecule has 1 rings (SSSR count). The molecule has 0 aromatic heterocycles. The van der Waals surface area contributed by atoms with Crippen LogP contribution in [-0.4, -0.2) is 23.9 Å². The van der Waals surface area contributed by atoms with E-state index < -0.39 is 35.3 Å². The minimum absolute atomic E-state index is 0. The zero-order valence-corrected chi connectivity index (χ0v) is 11.3. The highest BCUT2D eigenvalue weighted by molar-refractivity contribution is 5.85. The van der Waals surface area contributed by atoms with E-state index in [1.807, 2.05) is 0 Å². The Morgan fingerprint density at radius 1 is 1.60 bits per heavy atom. The van der Waals surface area contributed by atoms with E-state index in [4.69, 9.17) is 11.0 Å². The van der Waals surface area contributed by atoms with E-state index in [1.54, 1.807) is 0 Å². The van der Waals surface area contributed by atoms with Crippen molar-refractivity contribution in [3.05, 3.63) is 29.1 Å². The van der Waals surface area contributed by atoms with Gasteiger partial charge in [-0.05, 0) is 13.0 Å².